The number of aliphatic imine (C=N–C) groups is 1. The van der Waals surface area contributed by atoms with Gasteiger partial charge in [-0.05, 0) is 29.5 Å². The maximum atomic E-state index is 4.20. The van der Waals surface area contributed by atoms with Gasteiger partial charge in [0.25, 0.3) is 0 Å². The standard InChI is InChI=1S/C14H18N4S/c1-15-14(18-11-13-5-3-9-19-13)17-8-6-12-4-2-7-16-10-12/h2-5,7,9-10H,6,8,11H2,1H3,(H2,15,17,18). The molecule has 0 unspecified atom stereocenters. The van der Waals surface area contributed by atoms with Crippen molar-refractivity contribution in [3.05, 3.63) is 52.5 Å². The van der Waals surface area contributed by atoms with Crippen LogP contribution in [0.3, 0.4) is 0 Å². The van der Waals surface area contributed by atoms with E-state index < -0.39 is 0 Å². The zero-order chi connectivity index (χ0) is 13.3. The van der Waals surface area contributed by atoms with Gasteiger partial charge in [-0.1, -0.05) is 12.1 Å². The second-order valence-corrected chi connectivity index (χ2v) is 5.08. The number of hydrogen-bond donors (Lipinski definition) is 2. The van der Waals surface area contributed by atoms with Crippen molar-refractivity contribution < 1.29 is 0 Å². The van der Waals surface area contributed by atoms with Gasteiger partial charge in [0.05, 0.1) is 6.54 Å². The van der Waals surface area contributed by atoms with E-state index >= 15 is 0 Å². The van der Waals surface area contributed by atoms with E-state index in [-0.39, 0.29) is 0 Å². The number of rotatable bonds is 5. The molecule has 0 aliphatic carbocycles. The van der Waals surface area contributed by atoms with E-state index in [4.69, 9.17) is 0 Å². The highest BCUT2D eigenvalue weighted by atomic mass is 32.1. The van der Waals surface area contributed by atoms with Crippen LogP contribution in [0.4, 0.5) is 0 Å². The Labute approximate surface area is 117 Å². The molecule has 2 aromatic heterocycles. The van der Waals surface area contributed by atoms with Crippen molar-refractivity contribution in [1.29, 1.82) is 0 Å². The van der Waals surface area contributed by atoms with Crippen LogP contribution in [0.2, 0.25) is 0 Å². The van der Waals surface area contributed by atoms with Crippen molar-refractivity contribution in [3.63, 3.8) is 0 Å². The molecule has 0 aromatic carbocycles. The molecule has 2 N–H and O–H groups in total. The predicted molar refractivity (Wildman–Crippen MR) is 80.5 cm³/mol. The average Bonchev–Trinajstić information content (AvgIpc) is 2.97. The summed E-state index contributed by atoms with van der Waals surface area (Å²) >= 11 is 1.74. The molecule has 0 fully saturated rings. The summed E-state index contributed by atoms with van der Waals surface area (Å²) < 4.78 is 0. The van der Waals surface area contributed by atoms with E-state index in [0.29, 0.717) is 0 Å². The summed E-state index contributed by atoms with van der Waals surface area (Å²) in [5, 5.41) is 8.67. The number of nitrogens with one attached hydrogen (secondary N) is 2. The predicted octanol–water partition coefficient (Wildman–Crippen LogP) is 2.05. The molecule has 0 bridgehead atoms. The van der Waals surface area contributed by atoms with Gasteiger partial charge in [0.1, 0.15) is 0 Å². The number of nitrogens with zero attached hydrogens (tertiary/aromatic N) is 2. The average molecular weight is 274 g/mol. The van der Waals surface area contributed by atoms with Gasteiger partial charge >= 0.3 is 0 Å². The van der Waals surface area contributed by atoms with Crippen LogP contribution in [0, 0.1) is 0 Å². The number of aromatic nitrogens is 1. The third kappa shape index (κ3) is 4.71. The topological polar surface area (TPSA) is 49.3 Å². The van der Waals surface area contributed by atoms with Gasteiger partial charge in [-0.25, -0.2) is 0 Å². The molecule has 2 heterocycles. The first-order valence-corrected chi connectivity index (χ1v) is 7.12. The lowest BCUT2D eigenvalue weighted by atomic mass is 10.2. The summed E-state index contributed by atoms with van der Waals surface area (Å²) in [4.78, 5) is 9.60. The largest absolute Gasteiger partial charge is 0.356 e. The van der Waals surface area contributed by atoms with Crippen molar-refractivity contribution >= 4 is 17.3 Å². The molecular weight excluding hydrogens is 256 g/mol. The van der Waals surface area contributed by atoms with Crippen molar-refractivity contribution in [2.24, 2.45) is 4.99 Å². The monoisotopic (exact) mass is 274 g/mol. The van der Waals surface area contributed by atoms with Crippen molar-refractivity contribution in [2.75, 3.05) is 13.6 Å². The number of guanidine groups is 1. The van der Waals surface area contributed by atoms with Crippen LogP contribution in [-0.4, -0.2) is 24.5 Å². The van der Waals surface area contributed by atoms with E-state index in [0.717, 1.165) is 25.5 Å². The SMILES string of the molecule is CN=C(NCCc1cccnc1)NCc1cccs1. The summed E-state index contributed by atoms with van der Waals surface area (Å²) in [6.45, 7) is 1.65. The van der Waals surface area contributed by atoms with Gasteiger partial charge < -0.3 is 10.6 Å². The van der Waals surface area contributed by atoms with E-state index in [1.54, 1.807) is 24.6 Å². The lowest BCUT2D eigenvalue weighted by Crippen LogP contribution is -2.37. The second-order valence-electron chi connectivity index (χ2n) is 4.04. The van der Waals surface area contributed by atoms with Gasteiger partial charge in [-0.2, -0.15) is 0 Å². The molecule has 0 aliphatic heterocycles. The highest BCUT2D eigenvalue weighted by Gasteiger charge is 1.99. The fraction of sp³-hybridized carbons (Fsp3) is 0.286. The Morgan fingerprint density at radius 3 is 2.95 bits per heavy atom. The van der Waals surface area contributed by atoms with E-state index in [1.165, 1.54) is 10.4 Å². The molecular formula is C14H18N4S. The molecule has 0 spiro atoms. The van der Waals surface area contributed by atoms with Gasteiger partial charge in [-0.15, -0.1) is 11.3 Å². The zero-order valence-electron chi connectivity index (χ0n) is 11.0. The zero-order valence-corrected chi connectivity index (χ0v) is 11.8. The van der Waals surface area contributed by atoms with E-state index in [2.05, 4.69) is 44.2 Å². The smallest absolute Gasteiger partial charge is 0.191 e. The molecule has 0 aliphatic rings. The number of thiophene rings is 1. The van der Waals surface area contributed by atoms with Gasteiger partial charge in [0, 0.05) is 30.9 Å². The molecule has 0 radical (unpaired) electrons. The van der Waals surface area contributed by atoms with Crippen molar-refractivity contribution in [3.8, 4) is 0 Å². The molecule has 2 rings (SSSR count). The maximum absolute atomic E-state index is 4.20. The van der Waals surface area contributed by atoms with Crippen LogP contribution in [0.15, 0.2) is 47.0 Å². The summed E-state index contributed by atoms with van der Waals surface area (Å²) in [6, 6.07) is 8.20. The fourth-order valence-corrected chi connectivity index (χ4v) is 2.32. The van der Waals surface area contributed by atoms with Gasteiger partial charge in [0.15, 0.2) is 5.96 Å². The fourth-order valence-electron chi connectivity index (χ4n) is 1.68. The van der Waals surface area contributed by atoms with Crippen LogP contribution in [-0.2, 0) is 13.0 Å². The lowest BCUT2D eigenvalue weighted by molar-refractivity contribution is 0.797. The van der Waals surface area contributed by atoms with Crippen molar-refractivity contribution in [1.82, 2.24) is 15.6 Å². The molecule has 5 heteroatoms. The normalized spacial score (nSPS) is 11.3. The summed E-state index contributed by atoms with van der Waals surface area (Å²) in [5.41, 5.74) is 1.23. The van der Waals surface area contributed by atoms with E-state index in [1.807, 2.05) is 12.3 Å². The number of hydrogen-bond acceptors (Lipinski definition) is 3. The highest BCUT2D eigenvalue weighted by Crippen LogP contribution is 2.07. The van der Waals surface area contributed by atoms with Crippen LogP contribution in [0.25, 0.3) is 0 Å². The third-order valence-corrected chi connectivity index (χ3v) is 3.54. The van der Waals surface area contributed by atoms with Crippen LogP contribution < -0.4 is 10.6 Å². The molecule has 0 amide bonds. The van der Waals surface area contributed by atoms with Gasteiger partial charge in [-0.3, -0.25) is 9.98 Å². The summed E-state index contributed by atoms with van der Waals surface area (Å²) in [5.74, 6) is 0.831. The third-order valence-electron chi connectivity index (χ3n) is 2.66. The first-order chi connectivity index (χ1) is 9.38. The van der Waals surface area contributed by atoms with Crippen LogP contribution in [0.1, 0.15) is 10.4 Å². The van der Waals surface area contributed by atoms with Gasteiger partial charge in [0.2, 0.25) is 0 Å². The molecule has 19 heavy (non-hydrogen) atoms. The highest BCUT2D eigenvalue weighted by molar-refractivity contribution is 7.09. The molecule has 0 atom stereocenters. The second kappa shape index (κ2) is 7.53. The quantitative estimate of drug-likeness (QED) is 0.648. The molecule has 0 saturated heterocycles. The minimum Gasteiger partial charge on any atom is -0.356 e. The van der Waals surface area contributed by atoms with Crippen molar-refractivity contribution in [2.45, 2.75) is 13.0 Å². The summed E-state index contributed by atoms with van der Waals surface area (Å²) in [6.07, 6.45) is 4.62. The van der Waals surface area contributed by atoms with Crippen LogP contribution >= 0.6 is 11.3 Å². The Hall–Kier alpha value is -1.88. The first kappa shape index (κ1) is 13.5. The maximum Gasteiger partial charge on any atom is 0.191 e. The van der Waals surface area contributed by atoms with E-state index in [9.17, 15) is 0 Å². The van der Waals surface area contributed by atoms with Crippen LogP contribution in [0.5, 0.6) is 0 Å². The first-order valence-electron chi connectivity index (χ1n) is 6.24. The Morgan fingerprint density at radius 1 is 1.32 bits per heavy atom. The Balaban J connectivity index is 1.71. The molecule has 100 valence electrons. The Bertz CT molecular complexity index is 493. The molecule has 0 saturated carbocycles. The minimum absolute atomic E-state index is 0.810. The number of pyridine rings is 1. The lowest BCUT2D eigenvalue weighted by Gasteiger charge is -2.11. The Kier molecular flexibility index (Phi) is 5.37. The minimum atomic E-state index is 0.810. The Morgan fingerprint density at radius 2 is 2.26 bits per heavy atom. The summed E-state index contributed by atoms with van der Waals surface area (Å²) in [7, 11) is 1.79. The molecule has 4 nitrogen and oxygen atoms in total. The molecule has 2 aromatic rings.